The number of likely N-dealkylation sites (tertiary alicyclic amines) is 1. The topological polar surface area (TPSA) is 193 Å². The summed E-state index contributed by atoms with van der Waals surface area (Å²) in [5, 5.41) is 6.68. The first kappa shape index (κ1) is 72.7. The molecule has 0 radical (unpaired) electrons. The molecule has 0 amide bonds. The second-order valence-corrected chi connectivity index (χ2v) is 32.8. The summed E-state index contributed by atoms with van der Waals surface area (Å²) >= 11 is 0. The Morgan fingerprint density at radius 2 is 0.872 bits per heavy atom. The number of nitrogens with two attached hydrogens (primary N) is 2. The highest BCUT2D eigenvalue weighted by Crippen LogP contribution is 2.51. The van der Waals surface area contributed by atoms with Crippen molar-refractivity contribution in [1.29, 1.82) is 0 Å². The Labute approximate surface area is 641 Å². The van der Waals surface area contributed by atoms with Gasteiger partial charge in [-0.1, -0.05) is 33.4 Å². The van der Waals surface area contributed by atoms with Crippen molar-refractivity contribution >= 4 is 78.3 Å². The molecule has 572 valence electrons. The van der Waals surface area contributed by atoms with E-state index in [1.807, 2.05) is 13.0 Å². The van der Waals surface area contributed by atoms with Crippen LogP contribution in [0.3, 0.4) is 0 Å². The van der Waals surface area contributed by atoms with Crippen molar-refractivity contribution in [3.63, 3.8) is 0 Å². The van der Waals surface area contributed by atoms with Gasteiger partial charge < -0.3 is 68.9 Å². The Kier molecular flexibility index (Phi) is 20.9. The Balaban J connectivity index is 0.0000000997. The smallest absolute Gasteiger partial charge is 0.339 e. The van der Waals surface area contributed by atoms with Crippen LogP contribution in [0.1, 0.15) is 195 Å². The lowest BCUT2D eigenvalue weighted by Gasteiger charge is -2.40. The maximum atomic E-state index is 12.2. The minimum absolute atomic E-state index is 0.0360. The molecule has 3 aromatic heterocycles. The van der Waals surface area contributed by atoms with Crippen molar-refractivity contribution in [2.75, 3.05) is 121 Å². The predicted molar refractivity (Wildman–Crippen MR) is 445 cm³/mol. The summed E-state index contributed by atoms with van der Waals surface area (Å²) in [6.07, 6.45) is 34.7. The van der Waals surface area contributed by atoms with Crippen LogP contribution < -0.4 is 67.6 Å². The number of hydrogen-bond acceptors (Lipinski definition) is 17. The minimum Gasteiger partial charge on any atom is -0.457 e. The number of piperidine rings is 1. The highest BCUT2D eigenvalue weighted by molar-refractivity contribution is 5.97. The van der Waals surface area contributed by atoms with Crippen LogP contribution in [-0.4, -0.2) is 103 Å². The SMILES string of the molecule is C=C1C=C(CN)c2cc3c4c(c2O1)CCCN4CCC3.C=C1C=C(N2CCCCC2)c2cc3c4c(c2O1)CCCN4CCC3.CC(N)Cc1cc(=O)oc2c3c4c(cc12)CCCN4CCC3.CCCNc1cc(=O)oc2c3c4c(cc12)CCCN4CCC3.CCCc1cc2cc3c4c(c2oc1=O)CCCN4CCC3. The van der Waals surface area contributed by atoms with Gasteiger partial charge in [-0.25, -0.2) is 14.4 Å². The van der Waals surface area contributed by atoms with Gasteiger partial charge in [0.15, 0.2) is 0 Å². The van der Waals surface area contributed by atoms with Crippen molar-refractivity contribution in [2.24, 2.45) is 11.5 Å². The van der Waals surface area contributed by atoms with Gasteiger partial charge in [0.2, 0.25) is 0 Å². The van der Waals surface area contributed by atoms with E-state index in [4.69, 9.17) is 34.2 Å². The zero-order valence-corrected chi connectivity index (χ0v) is 64.9. The van der Waals surface area contributed by atoms with E-state index in [-0.39, 0.29) is 22.9 Å². The van der Waals surface area contributed by atoms with Crippen LogP contribution in [-0.2, 0) is 77.0 Å². The molecule has 0 spiro atoms. The second-order valence-electron chi connectivity index (χ2n) is 32.8. The average Bonchev–Trinajstić information content (AvgIpc) is 0.769. The molecule has 109 heavy (non-hydrogen) atoms. The molecule has 5 N–H and O–H groups in total. The highest BCUT2D eigenvalue weighted by Gasteiger charge is 2.36. The number of nitrogens with one attached hydrogen (secondary N) is 1. The summed E-state index contributed by atoms with van der Waals surface area (Å²) in [5.74, 6) is 3.63. The van der Waals surface area contributed by atoms with E-state index in [0.29, 0.717) is 18.7 Å². The van der Waals surface area contributed by atoms with Crippen molar-refractivity contribution in [3.8, 4) is 11.5 Å². The van der Waals surface area contributed by atoms with Crippen molar-refractivity contribution in [1.82, 2.24) is 4.90 Å². The van der Waals surface area contributed by atoms with Gasteiger partial charge in [-0.3, -0.25) is 0 Å². The lowest BCUT2D eigenvalue weighted by atomic mass is 9.86. The second kappa shape index (κ2) is 31.3. The Morgan fingerprint density at radius 3 is 1.39 bits per heavy atom. The molecule has 1 atom stereocenters. The number of fused-ring (bicyclic) bond motifs is 10. The van der Waals surface area contributed by atoms with Crippen LogP contribution in [0.2, 0.25) is 0 Å². The fourth-order valence-electron chi connectivity index (χ4n) is 20.6. The number of aryl methyl sites for hydroxylation is 9. The number of nitrogens with zero attached hydrogens (tertiary/aromatic N) is 6. The van der Waals surface area contributed by atoms with Gasteiger partial charge in [-0.05, 0) is 255 Å². The number of allylic oxidation sites excluding steroid dienone is 2. The van der Waals surface area contributed by atoms with Crippen LogP contribution in [0, 0.1) is 0 Å². The molecular weight excluding hydrogens is 1360 g/mol. The lowest BCUT2D eigenvalue weighted by Crippen LogP contribution is -2.35. The summed E-state index contributed by atoms with van der Waals surface area (Å²) in [6.45, 7) is 29.6. The zero-order valence-electron chi connectivity index (χ0n) is 64.9. The Hall–Kier alpha value is -9.19. The minimum atomic E-state index is -0.257. The van der Waals surface area contributed by atoms with Gasteiger partial charge in [0, 0.05) is 205 Å². The first-order valence-corrected chi connectivity index (χ1v) is 41.9. The summed E-state index contributed by atoms with van der Waals surface area (Å²) in [5.41, 5.74) is 42.3. The molecule has 8 aromatic rings. The normalized spacial score (nSPS) is 19.0. The summed E-state index contributed by atoms with van der Waals surface area (Å²) < 4.78 is 29.2. The molecule has 1 saturated heterocycles. The van der Waals surface area contributed by atoms with E-state index < -0.39 is 0 Å². The highest BCUT2D eigenvalue weighted by atomic mass is 16.5. The molecule has 13 aliphatic heterocycles. The van der Waals surface area contributed by atoms with E-state index in [1.54, 1.807) is 12.1 Å². The predicted octanol–water partition coefficient (Wildman–Crippen LogP) is 15.9. The molecule has 13 aliphatic rings. The van der Waals surface area contributed by atoms with Crippen LogP contribution >= 0.6 is 0 Å². The van der Waals surface area contributed by atoms with Crippen molar-refractivity contribution in [2.45, 2.75) is 200 Å². The maximum absolute atomic E-state index is 12.2. The largest absolute Gasteiger partial charge is 0.457 e. The zero-order chi connectivity index (χ0) is 74.6. The standard InChI is InChI=1S/C21H26N2O.2C18H22N2O2.C18H21NO2.C17H20N2O/c1-15-13-19(22-9-3-2-4-10-22)18-14-16-7-5-11-23-12-6-8-17(20(16)23)21(18)24-15;1-11(19)8-13-10-16(21)22-18-14-5-3-7-20-6-2-4-12(17(14)20)9-15(13)18;1-2-7-19-15-11-16(21)22-18-13-6-4-9-20-8-3-5-12(17(13)20)10-14(15)18;1-2-5-13-11-14-10-12-6-3-8-19-9-4-7-15(16(12)19)17(14)21-18(13)20;1-11-8-13(10-18)15-9-12-4-2-6-19-7-3-5-14(16(12)19)17(15)20-11/h13-14H,1-12H2;9-11H,2-8,19H2,1H3;10-11,19H,2-9H2,1H3;10-11H,2-9H2,1H3;8-9H,1-7,10,18H2. The number of ether oxygens (including phenoxy) is 2. The molecule has 0 bridgehead atoms. The van der Waals surface area contributed by atoms with Gasteiger partial charge in [0.25, 0.3) is 0 Å². The van der Waals surface area contributed by atoms with Crippen molar-refractivity contribution < 1.29 is 22.7 Å². The molecule has 0 aliphatic carbocycles. The molecule has 1 unspecified atom stereocenters. The monoisotopic (exact) mass is 1470 g/mol. The van der Waals surface area contributed by atoms with Crippen LogP contribution in [0.4, 0.5) is 34.1 Å². The van der Waals surface area contributed by atoms with Gasteiger partial charge >= 0.3 is 16.9 Å². The summed E-state index contributed by atoms with van der Waals surface area (Å²) in [6, 6.07) is 16.8. The summed E-state index contributed by atoms with van der Waals surface area (Å²) in [7, 11) is 0. The van der Waals surface area contributed by atoms with Gasteiger partial charge in [-0.15, -0.1) is 0 Å². The van der Waals surface area contributed by atoms with Gasteiger partial charge in [-0.2, -0.15) is 0 Å². The number of benzene rings is 5. The Morgan fingerprint density at radius 1 is 0.440 bits per heavy atom. The first-order valence-electron chi connectivity index (χ1n) is 41.9. The fourth-order valence-corrected chi connectivity index (χ4v) is 20.6. The number of rotatable bonds is 9. The van der Waals surface area contributed by atoms with Gasteiger partial charge in [0.1, 0.15) is 39.8 Å². The molecule has 5 aromatic carbocycles. The lowest BCUT2D eigenvalue weighted by molar-refractivity contribution is 0.319. The van der Waals surface area contributed by atoms with E-state index in [9.17, 15) is 14.4 Å². The molecule has 16 heterocycles. The molecule has 17 nitrogen and oxygen atoms in total. The number of hydrogen-bond donors (Lipinski definition) is 3. The van der Waals surface area contributed by atoms with E-state index in [0.717, 1.165) is 221 Å². The molecule has 1 fully saturated rings. The molecule has 21 rings (SSSR count). The van der Waals surface area contributed by atoms with Crippen LogP contribution in [0.25, 0.3) is 44.2 Å². The quantitative estimate of drug-likeness (QED) is 0.115. The van der Waals surface area contributed by atoms with Crippen LogP contribution in [0.5, 0.6) is 11.5 Å². The summed E-state index contributed by atoms with van der Waals surface area (Å²) in [4.78, 5) is 51.3. The third-order valence-electron chi connectivity index (χ3n) is 25.0. The molecule has 0 saturated carbocycles. The third-order valence-corrected chi connectivity index (χ3v) is 25.0. The first-order chi connectivity index (χ1) is 53.3. The Bertz CT molecular complexity index is 5160. The van der Waals surface area contributed by atoms with Gasteiger partial charge in [0.05, 0.1) is 11.4 Å². The third kappa shape index (κ3) is 14.2. The maximum Gasteiger partial charge on any atom is 0.339 e. The fraction of sp³-hybridized carbons (Fsp3) is 0.489. The van der Waals surface area contributed by atoms with Crippen molar-refractivity contribution in [3.05, 3.63) is 195 Å². The average molecular weight is 1470 g/mol. The molecule has 17 heteroatoms. The molecular formula is C92H111N9O8. The number of anilines is 6. The van der Waals surface area contributed by atoms with Crippen LogP contribution in [0.15, 0.2) is 113 Å². The van der Waals surface area contributed by atoms with E-state index in [1.165, 1.54) is 204 Å². The van der Waals surface area contributed by atoms with E-state index in [2.05, 4.69) is 104 Å². The van der Waals surface area contributed by atoms with E-state index >= 15 is 0 Å².